The smallest absolute Gasteiger partial charge is 0.332 e. The third kappa shape index (κ3) is 1.70. The van der Waals surface area contributed by atoms with Crippen molar-refractivity contribution in [2.24, 2.45) is 0 Å². The highest BCUT2D eigenvalue weighted by molar-refractivity contribution is 5.68. The highest BCUT2D eigenvalue weighted by atomic mass is 16.5. The quantitative estimate of drug-likeness (QED) is 0.655. The van der Waals surface area contributed by atoms with Gasteiger partial charge in [0.15, 0.2) is 11.2 Å². The van der Waals surface area contributed by atoms with E-state index < -0.39 is 29.7 Å². The van der Waals surface area contributed by atoms with E-state index in [0.29, 0.717) is 5.65 Å². The molecular formula is C10H13N5O4. The van der Waals surface area contributed by atoms with E-state index >= 15 is 0 Å². The van der Waals surface area contributed by atoms with Gasteiger partial charge in [0.2, 0.25) is 0 Å². The lowest BCUT2D eigenvalue weighted by atomic mass is 10.2. The van der Waals surface area contributed by atoms with Gasteiger partial charge in [0.1, 0.15) is 12.3 Å². The highest BCUT2D eigenvalue weighted by Crippen LogP contribution is 2.20. The number of hydrogen-bond donors (Lipinski definition) is 2. The number of aliphatic hydroxyl groups is 1. The summed E-state index contributed by atoms with van der Waals surface area (Å²) in [6.07, 6.45) is -1.90. The number of ether oxygens (including phenoxy) is 1. The molecular weight excluding hydrogens is 254 g/mol. The van der Waals surface area contributed by atoms with Crippen LogP contribution in [0.5, 0.6) is 0 Å². The molecule has 0 saturated heterocycles. The van der Waals surface area contributed by atoms with Crippen molar-refractivity contribution in [3.8, 4) is 0 Å². The molecule has 102 valence electrons. The van der Waals surface area contributed by atoms with Crippen LogP contribution in [0.15, 0.2) is 9.59 Å². The molecule has 0 radical (unpaired) electrons. The summed E-state index contributed by atoms with van der Waals surface area (Å²) < 4.78 is 8.31. The minimum Gasteiger partial charge on any atom is -0.391 e. The molecule has 0 aliphatic carbocycles. The molecule has 3 heterocycles. The van der Waals surface area contributed by atoms with Gasteiger partial charge >= 0.3 is 5.69 Å². The normalized spacial score (nSPS) is 24.4. The Morgan fingerprint density at radius 2 is 2.26 bits per heavy atom. The Bertz CT molecular complexity index is 742. The molecule has 1 aliphatic rings. The maximum absolute atomic E-state index is 11.9. The van der Waals surface area contributed by atoms with Crippen LogP contribution in [0.3, 0.4) is 0 Å². The summed E-state index contributed by atoms with van der Waals surface area (Å²) in [4.78, 5) is 25.7. The lowest BCUT2D eigenvalue weighted by Crippen LogP contribution is -2.35. The maximum atomic E-state index is 11.9. The minimum atomic E-state index is -0.734. The van der Waals surface area contributed by atoms with Gasteiger partial charge in [0.05, 0.1) is 12.6 Å². The molecule has 2 aromatic heterocycles. The summed E-state index contributed by atoms with van der Waals surface area (Å²) >= 11 is 0. The predicted octanol–water partition coefficient (Wildman–Crippen LogP) is -1.42. The molecule has 9 heteroatoms. The molecule has 0 spiro atoms. The molecule has 0 fully saturated rings. The number of nitrogens with one attached hydrogen (secondary N) is 1. The van der Waals surface area contributed by atoms with Crippen LogP contribution in [0, 0.1) is 0 Å². The molecule has 19 heavy (non-hydrogen) atoms. The Balaban J connectivity index is 2.33. The SMILES string of the molecule is CC(O)[C@H]1Cn2nnc3c(=O)[nH]c(=O)n(c32)[C@@H](C)O1. The van der Waals surface area contributed by atoms with Gasteiger partial charge in [-0.2, -0.15) is 0 Å². The Kier molecular flexibility index (Phi) is 2.54. The molecule has 0 saturated carbocycles. The Morgan fingerprint density at radius 1 is 1.53 bits per heavy atom. The fraction of sp³-hybridized carbons (Fsp3) is 0.600. The second-order valence-electron chi connectivity index (χ2n) is 4.59. The van der Waals surface area contributed by atoms with Gasteiger partial charge in [0.25, 0.3) is 5.56 Å². The van der Waals surface area contributed by atoms with Crippen LogP contribution in [0.4, 0.5) is 0 Å². The average Bonchev–Trinajstić information content (AvgIpc) is 2.66. The first-order chi connectivity index (χ1) is 8.99. The summed E-state index contributed by atoms with van der Waals surface area (Å²) in [6.45, 7) is 3.48. The van der Waals surface area contributed by atoms with Crippen LogP contribution in [-0.4, -0.2) is 41.9 Å². The first-order valence-corrected chi connectivity index (χ1v) is 5.90. The zero-order valence-electron chi connectivity index (χ0n) is 10.4. The van der Waals surface area contributed by atoms with Crippen molar-refractivity contribution in [2.75, 3.05) is 0 Å². The van der Waals surface area contributed by atoms with Crippen LogP contribution < -0.4 is 11.2 Å². The van der Waals surface area contributed by atoms with E-state index in [-0.39, 0.29) is 12.1 Å². The summed E-state index contributed by atoms with van der Waals surface area (Å²) in [5.41, 5.74) is -0.768. The van der Waals surface area contributed by atoms with Crippen molar-refractivity contribution in [1.82, 2.24) is 24.5 Å². The molecule has 2 N–H and O–H groups in total. The second kappa shape index (κ2) is 4.00. The zero-order chi connectivity index (χ0) is 13.7. The highest BCUT2D eigenvalue weighted by Gasteiger charge is 2.29. The summed E-state index contributed by atoms with van der Waals surface area (Å²) in [7, 11) is 0. The summed E-state index contributed by atoms with van der Waals surface area (Å²) in [6, 6.07) is 0. The number of rotatable bonds is 1. The molecule has 2 aromatic rings. The monoisotopic (exact) mass is 267 g/mol. The summed E-state index contributed by atoms with van der Waals surface area (Å²) in [5, 5.41) is 17.3. The Morgan fingerprint density at radius 3 is 2.95 bits per heavy atom. The molecule has 3 atom stereocenters. The number of nitrogens with zero attached hydrogens (tertiary/aromatic N) is 4. The third-order valence-corrected chi connectivity index (χ3v) is 3.22. The zero-order valence-corrected chi connectivity index (χ0v) is 10.4. The van der Waals surface area contributed by atoms with Crippen molar-refractivity contribution in [3.63, 3.8) is 0 Å². The predicted molar refractivity (Wildman–Crippen MR) is 63.7 cm³/mol. The topological polar surface area (TPSA) is 115 Å². The molecule has 3 rings (SSSR count). The first-order valence-electron chi connectivity index (χ1n) is 5.90. The van der Waals surface area contributed by atoms with E-state index in [1.165, 1.54) is 9.25 Å². The lowest BCUT2D eigenvalue weighted by Gasteiger charge is -2.21. The average molecular weight is 267 g/mol. The Hall–Kier alpha value is -2.00. The van der Waals surface area contributed by atoms with Crippen molar-refractivity contribution in [1.29, 1.82) is 0 Å². The van der Waals surface area contributed by atoms with E-state index in [1.807, 2.05) is 0 Å². The maximum Gasteiger partial charge on any atom is 0.332 e. The van der Waals surface area contributed by atoms with E-state index in [4.69, 9.17) is 4.74 Å². The molecule has 0 amide bonds. The fourth-order valence-electron chi connectivity index (χ4n) is 2.26. The first kappa shape index (κ1) is 12.1. The lowest BCUT2D eigenvalue weighted by molar-refractivity contribution is -0.0941. The van der Waals surface area contributed by atoms with Crippen molar-refractivity contribution in [3.05, 3.63) is 20.8 Å². The van der Waals surface area contributed by atoms with Gasteiger partial charge in [-0.15, -0.1) is 5.10 Å². The number of hydrogen-bond acceptors (Lipinski definition) is 6. The molecule has 9 nitrogen and oxygen atoms in total. The number of aliphatic hydroxyl groups excluding tert-OH is 1. The van der Waals surface area contributed by atoms with Crippen molar-refractivity contribution >= 4 is 11.2 Å². The van der Waals surface area contributed by atoms with Crippen LogP contribution in [0.25, 0.3) is 11.2 Å². The molecule has 1 aliphatic heterocycles. The van der Waals surface area contributed by atoms with Gasteiger partial charge in [-0.25, -0.2) is 14.0 Å². The van der Waals surface area contributed by atoms with Gasteiger partial charge in [-0.3, -0.25) is 9.78 Å². The molecule has 1 unspecified atom stereocenters. The number of aromatic nitrogens is 5. The van der Waals surface area contributed by atoms with Crippen molar-refractivity contribution < 1.29 is 9.84 Å². The largest absolute Gasteiger partial charge is 0.391 e. The van der Waals surface area contributed by atoms with Crippen LogP contribution in [-0.2, 0) is 11.3 Å². The number of H-pyrrole nitrogens is 1. The summed E-state index contributed by atoms with van der Waals surface area (Å²) in [5.74, 6) is 0. The van der Waals surface area contributed by atoms with E-state index in [9.17, 15) is 14.7 Å². The van der Waals surface area contributed by atoms with E-state index in [2.05, 4.69) is 15.3 Å². The van der Waals surface area contributed by atoms with E-state index in [0.717, 1.165) is 0 Å². The number of aromatic amines is 1. The molecule has 0 bridgehead atoms. The fourth-order valence-corrected chi connectivity index (χ4v) is 2.26. The van der Waals surface area contributed by atoms with Gasteiger partial charge in [0, 0.05) is 0 Å². The van der Waals surface area contributed by atoms with Crippen LogP contribution >= 0.6 is 0 Å². The third-order valence-electron chi connectivity index (χ3n) is 3.22. The van der Waals surface area contributed by atoms with Crippen LogP contribution in [0.2, 0.25) is 0 Å². The second-order valence-corrected chi connectivity index (χ2v) is 4.59. The minimum absolute atomic E-state index is 0.0845. The van der Waals surface area contributed by atoms with Crippen LogP contribution in [0.1, 0.15) is 20.1 Å². The van der Waals surface area contributed by atoms with E-state index in [1.54, 1.807) is 13.8 Å². The Labute approximate surface area is 106 Å². The standard InChI is InChI=1S/C10H13N5O4/c1-4(16)6-3-14-9-7(12-13-14)8(17)11-10(18)15(9)5(2)19-6/h4-6,16H,3H2,1-2H3,(H,11,17,18)/t4?,5-,6-/m1/s1. The van der Waals surface area contributed by atoms with Crippen molar-refractivity contribution in [2.45, 2.75) is 38.8 Å². The molecule has 0 aromatic carbocycles. The van der Waals surface area contributed by atoms with Gasteiger partial charge in [-0.1, -0.05) is 5.21 Å². The van der Waals surface area contributed by atoms with Gasteiger partial charge in [-0.05, 0) is 13.8 Å². The van der Waals surface area contributed by atoms with Gasteiger partial charge < -0.3 is 9.84 Å².